The standard InChI is InChI=1S/C8H7IN2/c1-11-8-4-2-3-7(9)6(8)5-10/h2-4,11H,1H3. The predicted molar refractivity (Wildman–Crippen MR) is 53.4 cm³/mol. The largest absolute Gasteiger partial charge is 0.387 e. The van der Waals surface area contributed by atoms with Crippen LogP contribution < -0.4 is 5.32 Å². The molecular formula is C8H7IN2. The van der Waals surface area contributed by atoms with Crippen molar-refractivity contribution in [2.24, 2.45) is 0 Å². The summed E-state index contributed by atoms with van der Waals surface area (Å²) in [4.78, 5) is 0. The average molecular weight is 258 g/mol. The third-order valence-electron chi connectivity index (χ3n) is 1.39. The van der Waals surface area contributed by atoms with Crippen molar-refractivity contribution in [3.63, 3.8) is 0 Å². The molecule has 2 nitrogen and oxygen atoms in total. The summed E-state index contributed by atoms with van der Waals surface area (Å²) in [6.07, 6.45) is 0. The molecule has 56 valence electrons. The van der Waals surface area contributed by atoms with Crippen molar-refractivity contribution in [1.29, 1.82) is 5.26 Å². The molecule has 0 saturated heterocycles. The number of hydrogen-bond acceptors (Lipinski definition) is 2. The van der Waals surface area contributed by atoms with Crippen molar-refractivity contribution >= 4 is 28.3 Å². The average Bonchev–Trinajstić information content (AvgIpc) is 2.04. The lowest BCUT2D eigenvalue weighted by atomic mass is 10.2. The fourth-order valence-corrected chi connectivity index (χ4v) is 1.46. The minimum absolute atomic E-state index is 0.718. The van der Waals surface area contributed by atoms with E-state index in [1.165, 1.54) is 0 Å². The predicted octanol–water partition coefficient (Wildman–Crippen LogP) is 2.20. The van der Waals surface area contributed by atoms with E-state index in [4.69, 9.17) is 5.26 Å². The van der Waals surface area contributed by atoms with Crippen LogP contribution in [0.2, 0.25) is 0 Å². The van der Waals surface area contributed by atoms with E-state index in [0.717, 1.165) is 14.8 Å². The summed E-state index contributed by atoms with van der Waals surface area (Å²) >= 11 is 2.15. The molecule has 0 spiro atoms. The van der Waals surface area contributed by atoms with Gasteiger partial charge in [-0.1, -0.05) is 6.07 Å². The van der Waals surface area contributed by atoms with Gasteiger partial charge in [-0.15, -0.1) is 0 Å². The second kappa shape index (κ2) is 3.58. The minimum Gasteiger partial charge on any atom is -0.387 e. The van der Waals surface area contributed by atoms with Gasteiger partial charge in [0, 0.05) is 10.6 Å². The molecule has 3 heteroatoms. The van der Waals surface area contributed by atoms with Crippen LogP contribution in [0.3, 0.4) is 0 Å². The Bertz CT molecular complexity index is 301. The number of halogens is 1. The second-order valence-corrected chi connectivity index (χ2v) is 3.19. The number of nitrogens with one attached hydrogen (secondary N) is 1. The Morgan fingerprint density at radius 2 is 2.27 bits per heavy atom. The van der Waals surface area contributed by atoms with Crippen LogP contribution in [0, 0.1) is 14.9 Å². The summed E-state index contributed by atoms with van der Waals surface area (Å²) in [6, 6.07) is 7.88. The summed E-state index contributed by atoms with van der Waals surface area (Å²) in [5.41, 5.74) is 1.61. The molecule has 0 unspecified atom stereocenters. The van der Waals surface area contributed by atoms with Crippen LogP contribution in [0.25, 0.3) is 0 Å². The highest BCUT2D eigenvalue weighted by Crippen LogP contribution is 2.19. The highest BCUT2D eigenvalue weighted by Gasteiger charge is 2.02. The van der Waals surface area contributed by atoms with Crippen molar-refractivity contribution < 1.29 is 0 Å². The number of anilines is 1. The van der Waals surface area contributed by atoms with Gasteiger partial charge < -0.3 is 5.32 Å². The third-order valence-corrected chi connectivity index (χ3v) is 2.29. The number of benzene rings is 1. The first kappa shape index (κ1) is 8.34. The van der Waals surface area contributed by atoms with Gasteiger partial charge in [0.05, 0.1) is 11.3 Å². The van der Waals surface area contributed by atoms with E-state index in [1.54, 1.807) is 0 Å². The quantitative estimate of drug-likeness (QED) is 0.784. The molecule has 0 radical (unpaired) electrons. The van der Waals surface area contributed by atoms with E-state index in [0.29, 0.717) is 0 Å². The Morgan fingerprint density at radius 1 is 1.55 bits per heavy atom. The van der Waals surface area contributed by atoms with Gasteiger partial charge in [-0.2, -0.15) is 5.26 Å². The molecule has 0 aliphatic carbocycles. The first-order valence-corrected chi connectivity index (χ1v) is 4.24. The van der Waals surface area contributed by atoms with Gasteiger partial charge in [0.25, 0.3) is 0 Å². The topological polar surface area (TPSA) is 35.8 Å². The fourth-order valence-electron chi connectivity index (χ4n) is 0.846. The number of rotatable bonds is 1. The van der Waals surface area contributed by atoms with Gasteiger partial charge in [-0.25, -0.2) is 0 Å². The lowest BCUT2D eigenvalue weighted by Crippen LogP contribution is -1.93. The van der Waals surface area contributed by atoms with Crippen LogP contribution in [0.15, 0.2) is 18.2 Å². The normalized spacial score (nSPS) is 8.82. The molecule has 11 heavy (non-hydrogen) atoms. The number of hydrogen-bond donors (Lipinski definition) is 1. The van der Waals surface area contributed by atoms with Gasteiger partial charge in [-0.05, 0) is 34.7 Å². The van der Waals surface area contributed by atoms with Gasteiger partial charge in [-0.3, -0.25) is 0 Å². The molecule has 1 aromatic rings. The number of nitrogens with zero attached hydrogens (tertiary/aromatic N) is 1. The summed E-state index contributed by atoms with van der Waals surface area (Å²) in [5, 5.41) is 11.7. The van der Waals surface area contributed by atoms with E-state index in [1.807, 2.05) is 25.2 Å². The van der Waals surface area contributed by atoms with Crippen LogP contribution >= 0.6 is 22.6 Å². The van der Waals surface area contributed by atoms with Crippen molar-refractivity contribution in [3.8, 4) is 6.07 Å². The highest BCUT2D eigenvalue weighted by atomic mass is 127. The molecule has 0 aliphatic rings. The van der Waals surface area contributed by atoms with Crippen LogP contribution in [-0.4, -0.2) is 7.05 Å². The van der Waals surface area contributed by atoms with E-state index >= 15 is 0 Å². The van der Waals surface area contributed by atoms with Gasteiger partial charge in [0.15, 0.2) is 0 Å². The van der Waals surface area contributed by atoms with E-state index in [-0.39, 0.29) is 0 Å². The summed E-state index contributed by atoms with van der Waals surface area (Å²) in [7, 11) is 1.81. The highest BCUT2D eigenvalue weighted by molar-refractivity contribution is 14.1. The molecule has 1 N–H and O–H groups in total. The van der Waals surface area contributed by atoms with E-state index in [2.05, 4.69) is 34.0 Å². The lowest BCUT2D eigenvalue weighted by Gasteiger charge is -2.02. The van der Waals surface area contributed by atoms with Gasteiger partial charge in [0.1, 0.15) is 6.07 Å². The van der Waals surface area contributed by atoms with Crippen LogP contribution in [0.5, 0.6) is 0 Å². The molecule has 0 heterocycles. The molecule has 0 bridgehead atoms. The maximum Gasteiger partial charge on any atom is 0.102 e. The first-order valence-electron chi connectivity index (χ1n) is 3.16. The Hall–Kier alpha value is -0.760. The van der Waals surface area contributed by atoms with E-state index < -0.39 is 0 Å². The Morgan fingerprint density at radius 3 is 2.73 bits per heavy atom. The summed E-state index contributed by atoms with van der Waals surface area (Å²) in [6.45, 7) is 0. The van der Waals surface area contributed by atoms with Gasteiger partial charge >= 0.3 is 0 Å². The van der Waals surface area contributed by atoms with E-state index in [9.17, 15) is 0 Å². The smallest absolute Gasteiger partial charge is 0.102 e. The van der Waals surface area contributed by atoms with Crippen molar-refractivity contribution in [3.05, 3.63) is 27.3 Å². The lowest BCUT2D eigenvalue weighted by molar-refractivity contribution is 1.42. The van der Waals surface area contributed by atoms with Crippen LogP contribution in [0.1, 0.15) is 5.56 Å². The molecule has 1 rings (SSSR count). The molecule has 1 aromatic carbocycles. The molecule has 0 amide bonds. The molecular weight excluding hydrogens is 251 g/mol. The zero-order valence-electron chi connectivity index (χ0n) is 6.06. The summed E-state index contributed by atoms with van der Waals surface area (Å²) in [5.74, 6) is 0. The SMILES string of the molecule is CNc1cccc(I)c1C#N. The van der Waals surface area contributed by atoms with Crippen LogP contribution in [-0.2, 0) is 0 Å². The zero-order valence-corrected chi connectivity index (χ0v) is 8.21. The molecule has 0 aromatic heterocycles. The van der Waals surface area contributed by atoms with Gasteiger partial charge in [0.2, 0.25) is 0 Å². The summed E-state index contributed by atoms with van der Waals surface area (Å²) < 4.78 is 0.983. The van der Waals surface area contributed by atoms with Crippen molar-refractivity contribution in [2.45, 2.75) is 0 Å². The fraction of sp³-hybridized carbons (Fsp3) is 0.125. The monoisotopic (exact) mass is 258 g/mol. The second-order valence-electron chi connectivity index (χ2n) is 2.02. The molecule has 0 saturated carbocycles. The maximum atomic E-state index is 8.74. The van der Waals surface area contributed by atoms with Crippen molar-refractivity contribution in [1.82, 2.24) is 0 Å². The molecule has 0 atom stereocenters. The third kappa shape index (κ3) is 1.63. The Labute approximate surface area is 79.4 Å². The maximum absolute atomic E-state index is 8.74. The number of nitriles is 1. The minimum atomic E-state index is 0.718. The zero-order chi connectivity index (χ0) is 8.27. The Balaban J connectivity index is 3.27. The Kier molecular flexibility index (Phi) is 2.71. The molecule has 0 fully saturated rings. The first-order chi connectivity index (χ1) is 5.29. The van der Waals surface area contributed by atoms with Crippen molar-refractivity contribution in [2.75, 3.05) is 12.4 Å². The molecule has 0 aliphatic heterocycles. The van der Waals surface area contributed by atoms with Crippen LogP contribution in [0.4, 0.5) is 5.69 Å².